The Morgan fingerprint density at radius 1 is 1.07 bits per heavy atom. The van der Waals surface area contributed by atoms with Gasteiger partial charge >= 0.3 is 0 Å². The summed E-state index contributed by atoms with van der Waals surface area (Å²) in [7, 11) is 0. The summed E-state index contributed by atoms with van der Waals surface area (Å²) < 4.78 is 14.3. The normalized spacial score (nSPS) is 19.7. The van der Waals surface area contributed by atoms with Crippen molar-refractivity contribution in [3.8, 4) is 5.75 Å². The Balaban J connectivity index is 1.30. The Morgan fingerprint density at radius 3 is 3.00 bits per heavy atom. The highest BCUT2D eigenvalue weighted by molar-refractivity contribution is 5.86. The lowest BCUT2D eigenvalue weighted by atomic mass is 10.2. The minimum absolute atomic E-state index is 0.0264. The number of ether oxygens (including phenoxy) is 2. The van der Waals surface area contributed by atoms with Crippen LogP contribution in [-0.4, -0.2) is 32.2 Å². The SMILES string of the molecule is Nc1ncnc2c1ccn2[C@H]1CC[C@@H](COc2cccc3ncccc23)O1. The van der Waals surface area contributed by atoms with Gasteiger partial charge in [0.15, 0.2) is 0 Å². The van der Waals surface area contributed by atoms with E-state index in [2.05, 4.69) is 15.0 Å². The number of nitrogen functional groups attached to an aromatic ring is 1. The number of fused-ring (bicyclic) bond motifs is 2. The molecular weight excluding hydrogens is 342 g/mol. The maximum Gasteiger partial charge on any atom is 0.147 e. The molecule has 0 spiro atoms. The topological polar surface area (TPSA) is 88.1 Å². The average molecular weight is 361 g/mol. The van der Waals surface area contributed by atoms with Gasteiger partial charge in [0, 0.05) is 17.8 Å². The van der Waals surface area contributed by atoms with Gasteiger partial charge in [0.25, 0.3) is 0 Å². The molecule has 1 aromatic carbocycles. The first-order chi connectivity index (χ1) is 13.3. The van der Waals surface area contributed by atoms with E-state index in [0.717, 1.165) is 40.5 Å². The third-order valence-electron chi connectivity index (χ3n) is 4.97. The molecule has 7 nitrogen and oxygen atoms in total. The van der Waals surface area contributed by atoms with Crippen molar-refractivity contribution in [3.05, 3.63) is 55.1 Å². The number of benzene rings is 1. The van der Waals surface area contributed by atoms with Crippen molar-refractivity contribution in [2.45, 2.75) is 25.2 Å². The molecule has 0 amide bonds. The number of hydrogen-bond acceptors (Lipinski definition) is 6. The molecule has 0 unspecified atom stereocenters. The zero-order valence-electron chi connectivity index (χ0n) is 14.7. The number of pyridine rings is 1. The van der Waals surface area contributed by atoms with Crippen LogP contribution in [0.4, 0.5) is 5.82 Å². The molecule has 4 heterocycles. The molecule has 1 aliphatic heterocycles. The molecule has 3 aromatic heterocycles. The molecule has 1 fully saturated rings. The second-order valence-corrected chi connectivity index (χ2v) is 6.65. The Bertz CT molecular complexity index is 1100. The van der Waals surface area contributed by atoms with Gasteiger partial charge in [0.1, 0.15) is 36.4 Å². The van der Waals surface area contributed by atoms with E-state index in [4.69, 9.17) is 15.2 Å². The largest absolute Gasteiger partial charge is 0.490 e. The van der Waals surface area contributed by atoms with Crippen LogP contribution in [0.5, 0.6) is 5.75 Å². The molecule has 27 heavy (non-hydrogen) atoms. The van der Waals surface area contributed by atoms with Gasteiger partial charge in [-0.3, -0.25) is 4.98 Å². The summed E-state index contributed by atoms with van der Waals surface area (Å²) in [6.07, 6.45) is 7.01. The van der Waals surface area contributed by atoms with Crippen molar-refractivity contribution in [2.75, 3.05) is 12.3 Å². The van der Waals surface area contributed by atoms with Gasteiger partial charge in [-0.05, 0) is 43.2 Å². The second kappa shape index (κ2) is 6.51. The van der Waals surface area contributed by atoms with Crippen LogP contribution in [0.15, 0.2) is 55.1 Å². The number of nitrogens with two attached hydrogens (primary N) is 1. The molecule has 0 bridgehead atoms. The predicted octanol–water partition coefficient (Wildman–Crippen LogP) is 3.32. The summed E-state index contributed by atoms with van der Waals surface area (Å²) in [5, 5.41) is 1.86. The molecule has 5 rings (SSSR count). The van der Waals surface area contributed by atoms with Crippen LogP contribution >= 0.6 is 0 Å². The monoisotopic (exact) mass is 361 g/mol. The fourth-order valence-corrected chi connectivity index (χ4v) is 3.62. The second-order valence-electron chi connectivity index (χ2n) is 6.65. The number of nitrogens with zero attached hydrogens (tertiary/aromatic N) is 4. The maximum atomic E-state index is 6.21. The van der Waals surface area contributed by atoms with E-state index in [1.54, 1.807) is 6.20 Å². The lowest BCUT2D eigenvalue weighted by Crippen LogP contribution is -2.18. The molecule has 0 saturated carbocycles. The zero-order valence-corrected chi connectivity index (χ0v) is 14.7. The Labute approximate surface area is 155 Å². The van der Waals surface area contributed by atoms with Crippen molar-refractivity contribution in [2.24, 2.45) is 0 Å². The summed E-state index contributed by atoms with van der Waals surface area (Å²) in [5.74, 6) is 1.32. The molecule has 7 heteroatoms. The number of hydrogen-bond donors (Lipinski definition) is 1. The predicted molar refractivity (Wildman–Crippen MR) is 102 cm³/mol. The summed E-state index contributed by atoms with van der Waals surface area (Å²) in [6, 6.07) is 11.8. The van der Waals surface area contributed by atoms with E-state index < -0.39 is 0 Å². The standard InChI is InChI=1S/C20H19N5O2/c21-19-15-8-10-25(20(15)24-12-23-19)18-7-6-13(27-18)11-26-17-5-1-4-16-14(17)3-2-9-22-16/h1-5,8-10,12-13,18H,6-7,11H2,(H2,21,23,24)/t13-,18+/m0/s1. The van der Waals surface area contributed by atoms with Crippen molar-refractivity contribution in [1.29, 1.82) is 0 Å². The maximum absolute atomic E-state index is 6.21. The fourth-order valence-electron chi connectivity index (χ4n) is 3.62. The van der Waals surface area contributed by atoms with Gasteiger partial charge in [-0.1, -0.05) is 6.07 Å². The molecule has 136 valence electrons. The van der Waals surface area contributed by atoms with E-state index >= 15 is 0 Å². The molecule has 4 aromatic rings. The van der Waals surface area contributed by atoms with Gasteiger partial charge < -0.3 is 19.8 Å². The average Bonchev–Trinajstić information content (AvgIpc) is 3.34. The smallest absolute Gasteiger partial charge is 0.147 e. The Morgan fingerprint density at radius 2 is 2.04 bits per heavy atom. The summed E-state index contributed by atoms with van der Waals surface area (Å²) in [5.41, 5.74) is 7.65. The van der Waals surface area contributed by atoms with Crippen LogP contribution in [-0.2, 0) is 4.74 Å². The molecule has 0 radical (unpaired) electrons. The fraction of sp³-hybridized carbons (Fsp3) is 0.250. The number of aromatic nitrogens is 4. The zero-order chi connectivity index (χ0) is 18.2. The first-order valence-corrected chi connectivity index (χ1v) is 8.98. The molecule has 1 saturated heterocycles. The van der Waals surface area contributed by atoms with Crippen LogP contribution < -0.4 is 10.5 Å². The highest BCUT2D eigenvalue weighted by Gasteiger charge is 2.28. The molecule has 0 aliphatic carbocycles. The first-order valence-electron chi connectivity index (χ1n) is 8.98. The lowest BCUT2D eigenvalue weighted by Gasteiger charge is -2.17. The summed E-state index contributed by atoms with van der Waals surface area (Å²) >= 11 is 0. The van der Waals surface area contributed by atoms with E-state index in [-0.39, 0.29) is 12.3 Å². The number of rotatable bonds is 4. The lowest BCUT2D eigenvalue weighted by molar-refractivity contribution is -0.0153. The van der Waals surface area contributed by atoms with Crippen LogP contribution in [0.25, 0.3) is 21.9 Å². The highest BCUT2D eigenvalue weighted by Crippen LogP contribution is 2.32. The van der Waals surface area contributed by atoms with Gasteiger partial charge in [0.2, 0.25) is 0 Å². The molecule has 2 atom stereocenters. The van der Waals surface area contributed by atoms with Crippen molar-refractivity contribution in [3.63, 3.8) is 0 Å². The van der Waals surface area contributed by atoms with Crippen molar-refractivity contribution in [1.82, 2.24) is 19.5 Å². The van der Waals surface area contributed by atoms with Crippen molar-refractivity contribution >= 4 is 27.8 Å². The van der Waals surface area contributed by atoms with E-state index in [1.165, 1.54) is 6.33 Å². The molecule has 2 N–H and O–H groups in total. The minimum Gasteiger partial charge on any atom is -0.490 e. The number of anilines is 1. The Hall–Kier alpha value is -3.19. The molecule has 1 aliphatic rings. The van der Waals surface area contributed by atoms with Crippen LogP contribution in [0.3, 0.4) is 0 Å². The third-order valence-corrected chi connectivity index (χ3v) is 4.97. The van der Waals surface area contributed by atoms with Gasteiger partial charge in [-0.2, -0.15) is 0 Å². The minimum atomic E-state index is -0.0698. The van der Waals surface area contributed by atoms with Crippen LogP contribution in [0.1, 0.15) is 19.1 Å². The van der Waals surface area contributed by atoms with Gasteiger partial charge in [-0.25, -0.2) is 9.97 Å². The highest BCUT2D eigenvalue weighted by atomic mass is 16.6. The van der Waals surface area contributed by atoms with Gasteiger partial charge in [0.05, 0.1) is 17.0 Å². The van der Waals surface area contributed by atoms with Crippen molar-refractivity contribution < 1.29 is 9.47 Å². The first kappa shape index (κ1) is 16.0. The summed E-state index contributed by atoms with van der Waals surface area (Å²) in [6.45, 7) is 0.501. The third kappa shape index (κ3) is 2.86. The van der Waals surface area contributed by atoms with E-state index in [1.807, 2.05) is 47.2 Å². The van der Waals surface area contributed by atoms with Crippen LogP contribution in [0.2, 0.25) is 0 Å². The van der Waals surface area contributed by atoms with Crippen LogP contribution in [0, 0.1) is 0 Å². The Kier molecular flexibility index (Phi) is 3.86. The quantitative estimate of drug-likeness (QED) is 0.600. The van der Waals surface area contributed by atoms with Gasteiger partial charge in [-0.15, -0.1) is 0 Å². The summed E-state index contributed by atoms with van der Waals surface area (Å²) in [4.78, 5) is 12.8. The van der Waals surface area contributed by atoms with E-state index in [9.17, 15) is 0 Å². The van der Waals surface area contributed by atoms with E-state index in [0.29, 0.717) is 12.4 Å². The molecular formula is C20H19N5O2.